The number of carbonyl (C=O) groups is 1. The van der Waals surface area contributed by atoms with E-state index in [9.17, 15) is 9.18 Å². The Bertz CT molecular complexity index is 545. The molecule has 2 aromatic rings. The minimum atomic E-state index is -0.439. The number of pyridine rings is 1. The number of hydrogen-bond acceptors (Lipinski definition) is 3. The van der Waals surface area contributed by atoms with E-state index in [1.54, 1.807) is 18.2 Å². The Balaban J connectivity index is 2.26. The van der Waals surface area contributed by atoms with Crippen LogP contribution in [0.4, 0.5) is 4.39 Å². The number of nitrogens with zero attached hydrogens (tertiary/aromatic N) is 1. The normalized spacial score (nSPS) is 10.2. The van der Waals surface area contributed by atoms with E-state index in [4.69, 9.17) is 11.6 Å². The van der Waals surface area contributed by atoms with Crippen LogP contribution >= 0.6 is 23.4 Å². The van der Waals surface area contributed by atoms with Crippen molar-refractivity contribution in [1.82, 2.24) is 4.98 Å². The summed E-state index contributed by atoms with van der Waals surface area (Å²) in [6.07, 6.45) is 2.13. The highest BCUT2D eigenvalue weighted by molar-refractivity contribution is 7.99. The Hall–Kier alpha value is -1.39. The molecule has 17 heavy (non-hydrogen) atoms. The monoisotopic (exact) mass is 267 g/mol. The first-order valence-electron chi connectivity index (χ1n) is 4.72. The first-order valence-corrected chi connectivity index (χ1v) is 5.92. The van der Waals surface area contributed by atoms with Crippen molar-refractivity contribution in [3.05, 3.63) is 52.9 Å². The van der Waals surface area contributed by atoms with Gasteiger partial charge in [0, 0.05) is 16.7 Å². The number of carbonyl (C=O) groups excluding carboxylic acids is 1. The summed E-state index contributed by atoms with van der Waals surface area (Å²) in [7, 11) is 0. The van der Waals surface area contributed by atoms with E-state index in [1.165, 1.54) is 30.1 Å². The minimum Gasteiger partial charge on any atom is -0.298 e. The molecule has 0 spiro atoms. The second kappa shape index (κ2) is 5.29. The van der Waals surface area contributed by atoms with E-state index >= 15 is 0 Å². The Morgan fingerprint density at radius 1 is 1.29 bits per heavy atom. The standard InChI is InChI=1S/C12H7ClFNOS/c13-9-1-2-12(15-6-9)17-11-4-8(7-16)3-10(14)5-11/h1-7H. The highest BCUT2D eigenvalue weighted by Crippen LogP contribution is 2.27. The van der Waals surface area contributed by atoms with Crippen LogP contribution in [0.25, 0.3) is 0 Å². The van der Waals surface area contributed by atoms with Gasteiger partial charge in [-0.05, 0) is 30.3 Å². The molecule has 0 saturated carbocycles. The molecule has 0 saturated heterocycles. The molecule has 0 atom stereocenters. The number of hydrogen-bond donors (Lipinski definition) is 0. The molecule has 0 amide bonds. The second-order valence-electron chi connectivity index (χ2n) is 3.25. The zero-order valence-electron chi connectivity index (χ0n) is 8.56. The van der Waals surface area contributed by atoms with Crippen LogP contribution in [-0.4, -0.2) is 11.3 Å². The molecule has 1 aromatic carbocycles. The molecule has 1 heterocycles. The van der Waals surface area contributed by atoms with Gasteiger partial charge in [0.2, 0.25) is 0 Å². The van der Waals surface area contributed by atoms with Gasteiger partial charge in [0.25, 0.3) is 0 Å². The summed E-state index contributed by atoms with van der Waals surface area (Å²) in [4.78, 5) is 15.3. The van der Waals surface area contributed by atoms with Gasteiger partial charge in [-0.15, -0.1) is 0 Å². The number of halogens is 2. The van der Waals surface area contributed by atoms with Crippen molar-refractivity contribution in [3.8, 4) is 0 Å². The van der Waals surface area contributed by atoms with Crippen LogP contribution in [0.1, 0.15) is 10.4 Å². The van der Waals surface area contributed by atoms with E-state index in [-0.39, 0.29) is 0 Å². The lowest BCUT2D eigenvalue weighted by Crippen LogP contribution is -1.85. The third-order valence-corrected chi connectivity index (χ3v) is 3.10. The van der Waals surface area contributed by atoms with E-state index in [0.29, 0.717) is 26.8 Å². The SMILES string of the molecule is O=Cc1cc(F)cc(Sc2ccc(Cl)cn2)c1. The lowest BCUT2D eigenvalue weighted by molar-refractivity contribution is 0.112. The summed E-state index contributed by atoms with van der Waals surface area (Å²) in [5.41, 5.74) is 0.307. The molecule has 1 aromatic heterocycles. The van der Waals surface area contributed by atoms with Crippen molar-refractivity contribution in [2.75, 3.05) is 0 Å². The smallest absolute Gasteiger partial charge is 0.150 e. The van der Waals surface area contributed by atoms with Crippen molar-refractivity contribution < 1.29 is 9.18 Å². The van der Waals surface area contributed by atoms with Crippen molar-refractivity contribution in [1.29, 1.82) is 0 Å². The summed E-state index contributed by atoms with van der Waals surface area (Å²) >= 11 is 6.98. The molecule has 5 heteroatoms. The van der Waals surface area contributed by atoms with Crippen molar-refractivity contribution in [3.63, 3.8) is 0 Å². The molecule has 0 aliphatic heterocycles. The quantitative estimate of drug-likeness (QED) is 0.792. The van der Waals surface area contributed by atoms with Gasteiger partial charge in [-0.3, -0.25) is 4.79 Å². The zero-order chi connectivity index (χ0) is 12.3. The molecule has 2 nitrogen and oxygen atoms in total. The van der Waals surface area contributed by atoms with Gasteiger partial charge in [-0.25, -0.2) is 9.37 Å². The van der Waals surface area contributed by atoms with Crippen LogP contribution in [0.5, 0.6) is 0 Å². The first kappa shape index (κ1) is 12.1. The van der Waals surface area contributed by atoms with Crippen LogP contribution in [0.2, 0.25) is 5.02 Å². The first-order chi connectivity index (χ1) is 8.17. The van der Waals surface area contributed by atoms with Gasteiger partial charge in [-0.1, -0.05) is 23.4 Å². The fourth-order valence-electron chi connectivity index (χ4n) is 1.25. The molecule has 0 unspecified atom stereocenters. The molecule has 86 valence electrons. The van der Waals surface area contributed by atoms with E-state index in [0.717, 1.165) is 0 Å². The molecule has 0 radical (unpaired) electrons. The third kappa shape index (κ3) is 3.28. The van der Waals surface area contributed by atoms with E-state index in [2.05, 4.69) is 4.98 Å². The highest BCUT2D eigenvalue weighted by atomic mass is 35.5. The molecule has 0 bridgehead atoms. The third-order valence-electron chi connectivity index (χ3n) is 1.95. The van der Waals surface area contributed by atoms with E-state index < -0.39 is 5.82 Å². The predicted octanol–water partition coefficient (Wildman–Crippen LogP) is 3.84. The Morgan fingerprint density at radius 3 is 2.76 bits per heavy atom. The second-order valence-corrected chi connectivity index (χ2v) is 4.79. The fraction of sp³-hybridized carbons (Fsp3) is 0. The van der Waals surface area contributed by atoms with Crippen LogP contribution in [0.3, 0.4) is 0 Å². The molecular formula is C12H7ClFNOS. The maximum atomic E-state index is 13.2. The summed E-state index contributed by atoms with van der Waals surface area (Å²) < 4.78 is 13.2. The largest absolute Gasteiger partial charge is 0.298 e. The van der Waals surface area contributed by atoms with Gasteiger partial charge >= 0.3 is 0 Å². The summed E-state index contributed by atoms with van der Waals surface area (Å²) in [6.45, 7) is 0. The molecule has 0 fully saturated rings. The van der Waals surface area contributed by atoms with E-state index in [1.807, 2.05) is 0 Å². The number of benzene rings is 1. The highest BCUT2D eigenvalue weighted by Gasteiger charge is 2.03. The lowest BCUT2D eigenvalue weighted by Gasteiger charge is -2.02. The van der Waals surface area contributed by atoms with Crippen molar-refractivity contribution in [2.24, 2.45) is 0 Å². The maximum absolute atomic E-state index is 13.2. The molecule has 0 N–H and O–H groups in total. The van der Waals surface area contributed by atoms with Crippen molar-refractivity contribution >= 4 is 29.6 Å². The number of aldehydes is 1. The summed E-state index contributed by atoms with van der Waals surface area (Å²) in [6, 6.07) is 7.59. The van der Waals surface area contributed by atoms with Crippen LogP contribution < -0.4 is 0 Å². The van der Waals surface area contributed by atoms with Crippen LogP contribution in [0, 0.1) is 5.82 Å². The van der Waals surface area contributed by atoms with Gasteiger partial charge in [0.1, 0.15) is 17.1 Å². The molecule has 0 aliphatic carbocycles. The zero-order valence-corrected chi connectivity index (χ0v) is 10.1. The van der Waals surface area contributed by atoms with Gasteiger partial charge < -0.3 is 0 Å². The molecular weight excluding hydrogens is 261 g/mol. The minimum absolute atomic E-state index is 0.307. The van der Waals surface area contributed by atoms with Gasteiger partial charge in [0.15, 0.2) is 0 Å². The lowest BCUT2D eigenvalue weighted by atomic mass is 10.2. The van der Waals surface area contributed by atoms with Crippen LogP contribution in [0.15, 0.2) is 46.5 Å². The summed E-state index contributed by atoms with van der Waals surface area (Å²) in [5, 5.41) is 1.24. The predicted molar refractivity (Wildman–Crippen MR) is 65.2 cm³/mol. The number of rotatable bonds is 3. The Morgan fingerprint density at radius 2 is 2.12 bits per heavy atom. The Labute approximate surface area is 107 Å². The molecule has 2 rings (SSSR count). The van der Waals surface area contributed by atoms with Gasteiger partial charge in [0.05, 0.1) is 5.02 Å². The topological polar surface area (TPSA) is 30.0 Å². The fourth-order valence-corrected chi connectivity index (χ4v) is 2.22. The number of aromatic nitrogens is 1. The van der Waals surface area contributed by atoms with Crippen LogP contribution in [-0.2, 0) is 0 Å². The van der Waals surface area contributed by atoms with Gasteiger partial charge in [-0.2, -0.15) is 0 Å². The average Bonchev–Trinajstić information content (AvgIpc) is 2.31. The average molecular weight is 268 g/mol. The maximum Gasteiger partial charge on any atom is 0.150 e. The summed E-state index contributed by atoms with van der Waals surface area (Å²) in [5.74, 6) is -0.439. The van der Waals surface area contributed by atoms with Crippen molar-refractivity contribution in [2.45, 2.75) is 9.92 Å². The Kier molecular flexibility index (Phi) is 3.76. The molecule has 0 aliphatic rings.